The van der Waals surface area contributed by atoms with Crippen molar-refractivity contribution < 1.29 is 28.0 Å². The van der Waals surface area contributed by atoms with Gasteiger partial charge in [-0.1, -0.05) is 13.8 Å². The van der Waals surface area contributed by atoms with E-state index in [0.29, 0.717) is 35.3 Å². The lowest BCUT2D eigenvalue weighted by Gasteiger charge is -2.63. The first-order valence-electron chi connectivity index (χ1n) is 17.4. The van der Waals surface area contributed by atoms with Crippen molar-refractivity contribution in [2.45, 2.75) is 135 Å². The number of piperidine rings is 2. The van der Waals surface area contributed by atoms with Crippen LogP contribution < -0.4 is 0 Å². The Labute approximate surface area is 262 Å². The van der Waals surface area contributed by atoms with Gasteiger partial charge in [-0.25, -0.2) is 0 Å². The number of esters is 2. The molecule has 0 radical (unpaired) electrons. The normalized spacial score (nSPS) is 45.8. The van der Waals surface area contributed by atoms with Crippen LogP contribution in [0.5, 0.6) is 0 Å². The molecule has 4 unspecified atom stereocenters. The van der Waals surface area contributed by atoms with E-state index < -0.39 is 0 Å². The number of carbonyl (C=O) groups excluding carboxylic acids is 2. The van der Waals surface area contributed by atoms with Crippen LogP contribution in [-0.4, -0.2) is 85.5 Å². The Kier molecular flexibility index (Phi) is 9.16. The summed E-state index contributed by atoms with van der Waals surface area (Å²) in [6.07, 6.45) is 16.4. The summed E-state index contributed by atoms with van der Waals surface area (Å²) in [5, 5.41) is 0. The third kappa shape index (κ3) is 5.36. The van der Waals surface area contributed by atoms with Crippen molar-refractivity contribution in [3.05, 3.63) is 0 Å². The Hall–Kier alpha value is -0.850. The molecule has 0 aromatic rings. The molecule has 2 heterocycles. The lowest BCUT2D eigenvalue weighted by molar-refractivity contribution is -0.943. The van der Waals surface area contributed by atoms with Crippen molar-refractivity contribution >= 4 is 24.3 Å². The van der Waals surface area contributed by atoms with Gasteiger partial charge in [0.1, 0.15) is 12.1 Å². The van der Waals surface area contributed by atoms with Crippen LogP contribution in [0.4, 0.5) is 0 Å². The molecule has 0 amide bonds. The maximum atomic E-state index is 12.5. The van der Waals surface area contributed by atoms with Crippen LogP contribution in [0.2, 0.25) is 0 Å². The van der Waals surface area contributed by atoms with Gasteiger partial charge in [-0.3, -0.25) is 9.59 Å². The van der Waals surface area contributed by atoms with Gasteiger partial charge >= 0.3 is 11.9 Å². The minimum atomic E-state index is -0.0998. The molecule has 6 fully saturated rings. The summed E-state index contributed by atoms with van der Waals surface area (Å²) >= 11 is 0. The molecule has 0 aromatic carbocycles. The van der Waals surface area contributed by atoms with Gasteiger partial charge in [0, 0.05) is 32.1 Å². The van der Waals surface area contributed by atoms with Crippen LogP contribution in [0.3, 0.4) is 0 Å². The number of hydrogen-bond donors (Lipinski definition) is 0. The monoisotopic (exact) mass is 608 g/mol. The molecule has 4 saturated carbocycles. The zero-order chi connectivity index (χ0) is 29.2. The molecule has 0 N–H and O–H groups in total. The molecule has 6 aliphatic rings. The zero-order valence-corrected chi connectivity index (χ0v) is 28.4. The molecule has 0 bridgehead atoms. The first-order valence-corrected chi connectivity index (χ1v) is 17.4. The lowest BCUT2D eigenvalue weighted by Crippen LogP contribution is -2.66. The number of carbonyl (C=O) groups is 2. The van der Waals surface area contributed by atoms with Gasteiger partial charge in [0.2, 0.25) is 0 Å². The number of rotatable bonds is 4. The quantitative estimate of drug-likeness (QED) is 0.269. The molecule has 6 nitrogen and oxygen atoms in total. The van der Waals surface area contributed by atoms with E-state index in [1.54, 1.807) is 13.8 Å². The maximum Gasteiger partial charge on any atom is 0.303 e. The summed E-state index contributed by atoms with van der Waals surface area (Å²) in [5.74, 6) is 2.52. The molecule has 42 heavy (non-hydrogen) atoms. The highest BCUT2D eigenvalue weighted by molar-refractivity contribution is 5.85. The molecule has 6 rings (SSSR count). The molecular formula is C35H61ClN2O4+2. The fourth-order valence-electron chi connectivity index (χ4n) is 12.3. The Balaban J connectivity index is 0.00000353. The maximum absolute atomic E-state index is 12.5. The van der Waals surface area contributed by atoms with Gasteiger partial charge in [0.15, 0.2) is 12.2 Å². The average Bonchev–Trinajstić information content (AvgIpc) is 3.21. The molecule has 7 heteroatoms. The Morgan fingerprint density at radius 1 is 0.690 bits per heavy atom. The van der Waals surface area contributed by atoms with E-state index >= 15 is 0 Å². The number of likely N-dealkylation sites (tertiary alicyclic amines) is 2. The molecule has 0 spiro atoms. The molecule has 240 valence electrons. The highest BCUT2D eigenvalue weighted by Gasteiger charge is 2.68. The van der Waals surface area contributed by atoms with Crippen molar-refractivity contribution in [1.29, 1.82) is 0 Å². The standard InChI is InChI=1S/C35H60N2O4.ClH/c1-24(38)40-32-21-26-13-14-27-28(35(26,4)23-31(32)37(6)19-11-8-12-20-37)15-16-34(3)29(27)22-30(33(34)41-25(2)39)36(5)17-9-7-10-18-36;/h26-33H,7-23H2,1-6H3;1H/q+2;/t26?,27?,28?,29?,30-,31-,32-,33-,34-,35-;/m0./s1. The number of fused-ring (bicyclic) bond motifs is 5. The minimum absolute atomic E-state index is 0. The first-order chi connectivity index (χ1) is 19.4. The molecule has 4 aliphatic carbocycles. The van der Waals surface area contributed by atoms with Gasteiger partial charge < -0.3 is 18.4 Å². The van der Waals surface area contributed by atoms with Crippen LogP contribution in [-0.2, 0) is 19.1 Å². The highest BCUT2D eigenvalue weighted by Crippen LogP contribution is 2.68. The van der Waals surface area contributed by atoms with Crippen LogP contribution in [0.15, 0.2) is 0 Å². The number of nitrogens with zero attached hydrogens (tertiary/aromatic N) is 2. The van der Waals surface area contributed by atoms with E-state index in [2.05, 4.69) is 27.9 Å². The topological polar surface area (TPSA) is 52.6 Å². The van der Waals surface area contributed by atoms with Crippen molar-refractivity contribution in [2.75, 3.05) is 40.3 Å². The number of ether oxygens (including phenoxy) is 2. The summed E-state index contributed by atoms with van der Waals surface area (Å²) in [7, 11) is 4.94. The van der Waals surface area contributed by atoms with Crippen LogP contribution in [0.1, 0.15) is 111 Å². The Morgan fingerprint density at radius 2 is 1.26 bits per heavy atom. The van der Waals surface area contributed by atoms with Crippen LogP contribution in [0, 0.1) is 34.5 Å². The number of halogens is 1. The van der Waals surface area contributed by atoms with Crippen LogP contribution in [0.25, 0.3) is 0 Å². The predicted molar refractivity (Wildman–Crippen MR) is 168 cm³/mol. The minimum Gasteiger partial charge on any atom is -0.456 e. The number of likely N-dealkylation sites (N-methyl/N-ethyl adjacent to an activating group) is 2. The molecular weight excluding hydrogens is 548 g/mol. The van der Waals surface area contributed by atoms with E-state index in [0.717, 1.165) is 21.3 Å². The van der Waals surface area contributed by atoms with Crippen molar-refractivity contribution in [2.24, 2.45) is 34.5 Å². The molecule has 10 atom stereocenters. The van der Waals surface area contributed by atoms with E-state index in [4.69, 9.17) is 9.47 Å². The van der Waals surface area contributed by atoms with Gasteiger partial charge in [-0.05, 0) is 99.7 Å². The second kappa shape index (κ2) is 11.8. The SMILES string of the molecule is CC(=O)O[C@H]1CC2CCC3C(CC[C@@]4(C)C3C[C@H]([N+]3(C)CCCCC3)[C@@H]4OC(C)=O)[C@@]2(C)C[C@@H]1[N+]1(C)CCCCC1.Cl. The first kappa shape index (κ1) is 32.5. The highest BCUT2D eigenvalue weighted by atomic mass is 35.5. The number of quaternary nitrogens is 2. The number of hydrogen-bond acceptors (Lipinski definition) is 4. The summed E-state index contributed by atoms with van der Waals surface area (Å²) in [6.45, 7) is 13.3. The summed E-state index contributed by atoms with van der Waals surface area (Å²) in [4.78, 5) is 24.8. The fraction of sp³-hybridized carbons (Fsp3) is 0.943. The molecule has 2 saturated heterocycles. The average molecular weight is 609 g/mol. The fourth-order valence-corrected chi connectivity index (χ4v) is 12.3. The zero-order valence-electron chi connectivity index (χ0n) is 27.6. The van der Waals surface area contributed by atoms with Gasteiger partial charge in [-0.2, -0.15) is 0 Å². The van der Waals surface area contributed by atoms with E-state index in [1.807, 2.05) is 0 Å². The second-order valence-electron chi connectivity index (χ2n) is 16.7. The molecule has 2 aliphatic heterocycles. The van der Waals surface area contributed by atoms with Crippen LogP contribution >= 0.6 is 12.4 Å². The van der Waals surface area contributed by atoms with Gasteiger partial charge in [-0.15, -0.1) is 12.4 Å². The predicted octanol–water partition coefficient (Wildman–Crippen LogP) is 6.53. The van der Waals surface area contributed by atoms with E-state index in [1.165, 1.54) is 103 Å². The van der Waals surface area contributed by atoms with E-state index in [-0.39, 0.29) is 42.0 Å². The third-order valence-corrected chi connectivity index (χ3v) is 14.5. The third-order valence-electron chi connectivity index (χ3n) is 14.5. The summed E-state index contributed by atoms with van der Waals surface area (Å²) in [6, 6.07) is 0.846. The second-order valence-corrected chi connectivity index (χ2v) is 16.7. The van der Waals surface area contributed by atoms with E-state index in [9.17, 15) is 9.59 Å². The summed E-state index contributed by atoms with van der Waals surface area (Å²) in [5.41, 5.74) is 0.377. The van der Waals surface area contributed by atoms with Crippen molar-refractivity contribution in [3.8, 4) is 0 Å². The summed E-state index contributed by atoms with van der Waals surface area (Å²) < 4.78 is 14.7. The van der Waals surface area contributed by atoms with Gasteiger partial charge in [0.05, 0.1) is 40.3 Å². The smallest absolute Gasteiger partial charge is 0.303 e. The molecule has 0 aromatic heterocycles. The largest absolute Gasteiger partial charge is 0.456 e. The lowest BCUT2D eigenvalue weighted by atomic mass is 9.44. The Bertz CT molecular complexity index is 1010. The van der Waals surface area contributed by atoms with Gasteiger partial charge in [0.25, 0.3) is 0 Å². The van der Waals surface area contributed by atoms with Crippen molar-refractivity contribution in [3.63, 3.8) is 0 Å². The Morgan fingerprint density at radius 3 is 1.83 bits per heavy atom. The van der Waals surface area contributed by atoms with Crippen molar-refractivity contribution in [1.82, 2.24) is 0 Å².